The predicted molar refractivity (Wildman–Crippen MR) is 60.2 cm³/mol. The van der Waals surface area contributed by atoms with Crippen LogP contribution in [0.5, 0.6) is 0 Å². The van der Waals surface area contributed by atoms with E-state index in [4.69, 9.17) is 21.1 Å². The molecule has 0 radical (unpaired) electrons. The van der Waals surface area contributed by atoms with E-state index in [0.717, 1.165) is 6.61 Å². The monoisotopic (exact) mass is 250 g/mol. The molecule has 0 saturated heterocycles. The van der Waals surface area contributed by atoms with Crippen LogP contribution in [-0.4, -0.2) is 29.4 Å². The van der Waals surface area contributed by atoms with Crippen LogP contribution >= 0.6 is 23.1 Å². The maximum atomic E-state index is 5.80. The van der Waals surface area contributed by atoms with Crippen LogP contribution in [0.3, 0.4) is 0 Å². The minimum Gasteiger partial charge on any atom is -0.379 e. The normalized spacial score (nSPS) is 11.2. The van der Waals surface area contributed by atoms with Crippen LogP contribution in [0.2, 0.25) is 4.34 Å². The van der Waals surface area contributed by atoms with Gasteiger partial charge < -0.3 is 9.47 Å². The second-order valence-electron chi connectivity index (χ2n) is 3.51. The number of aromatic nitrogens is 2. The summed E-state index contributed by atoms with van der Waals surface area (Å²) in [4.78, 5) is 0. The third-order valence-corrected chi connectivity index (χ3v) is 2.56. The van der Waals surface area contributed by atoms with Crippen LogP contribution in [0.4, 0.5) is 0 Å². The maximum Gasteiger partial charge on any atom is 0.139 e. The van der Waals surface area contributed by atoms with Crippen molar-refractivity contribution in [3.8, 4) is 0 Å². The van der Waals surface area contributed by atoms with Crippen LogP contribution in [-0.2, 0) is 16.1 Å². The first-order valence-electron chi connectivity index (χ1n) is 4.82. The molecule has 0 amide bonds. The molecule has 0 N–H and O–H groups in total. The highest BCUT2D eigenvalue weighted by Crippen LogP contribution is 2.17. The van der Waals surface area contributed by atoms with Crippen molar-refractivity contribution in [3.63, 3.8) is 0 Å². The third-order valence-electron chi connectivity index (χ3n) is 1.57. The van der Waals surface area contributed by atoms with Crippen molar-refractivity contribution in [1.82, 2.24) is 9.59 Å². The Kier molecular flexibility index (Phi) is 6.09. The molecular weight excluding hydrogens is 236 g/mol. The van der Waals surface area contributed by atoms with Crippen molar-refractivity contribution in [1.29, 1.82) is 0 Å². The highest BCUT2D eigenvalue weighted by molar-refractivity contribution is 7.10. The molecule has 0 aliphatic heterocycles. The van der Waals surface area contributed by atoms with Crippen LogP contribution < -0.4 is 0 Å². The molecular formula is C9H15ClN2O2S. The van der Waals surface area contributed by atoms with E-state index in [1.54, 1.807) is 0 Å². The summed E-state index contributed by atoms with van der Waals surface area (Å²) in [6.07, 6.45) is 0. The first-order chi connectivity index (χ1) is 7.20. The lowest BCUT2D eigenvalue weighted by Crippen LogP contribution is -2.08. The van der Waals surface area contributed by atoms with Gasteiger partial charge in [0, 0.05) is 18.1 Å². The molecule has 0 saturated carbocycles. The van der Waals surface area contributed by atoms with Gasteiger partial charge >= 0.3 is 0 Å². The Morgan fingerprint density at radius 1 is 1.33 bits per heavy atom. The van der Waals surface area contributed by atoms with Crippen molar-refractivity contribution < 1.29 is 9.47 Å². The zero-order chi connectivity index (χ0) is 11.1. The second-order valence-corrected chi connectivity index (χ2v) is 4.87. The molecule has 6 heteroatoms. The van der Waals surface area contributed by atoms with Gasteiger partial charge in [0.25, 0.3) is 0 Å². The minimum atomic E-state index is 0.403. The van der Waals surface area contributed by atoms with Gasteiger partial charge in [-0.15, -0.1) is 5.10 Å². The van der Waals surface area contributed by atoms with Gasteiger partial charge in [-0.05, 0) is 5.92 Å². The molecule has 1 rings (SSSR count). The van der Waals surface area contributed by atoms with E-state index in [-0.39, 0.29) is 0 Å². The Morgan fingerprint density at radius 3 is 2.67 bits per heavy atom. The molecule has 0 spiro atoms. The Bertz CT molecular complexity index is 281. The number of ether oxygens (including phenoxy) is 2. The van der Waals surface area contributed by atoms with Crippen molar-refractivity contribution in [2.24, 2.45) is 5.92 Å². The van der Waals surface area contributed by atoms with E-state index in [2.05, 4.69) is 23.4 Å². The zero-order valence-corrected chi connectivity index (χ0v) is 10.5. The summed E-state index contributed by atoms with van der Waals surface area (Å²) in [6, 6.07) is 0. The molecule has 1 heterocycles. The van der Waals surface area contributed by atoms with E-state index in [9.17, 15) is 0 Å². The Morgan fingerprint density at radius 2 is 2.07 bits per heavy atom. The van der Waals surface area contributed by atoms with Gasteiger partial charge in [-0.2, -0.15) is 0 Å². The van der Waals surface area contributed by atoms with E-state index < -0.39 is 0 Å². The van der Waals surface area contributed by atoms with Gasteiger partial charge in [0.15, 0.2) is 0 Å². The Labute approximate surface area is 98.7 Å². The summed E-state index contributed by atoms with van der Waals surface area (Å²) in [5.74, 6) is 0.558. The quantitative estimate of drug-likeness (QED) is 0.697. The van der Waals surface area contributed by atoms with E-state index in [1.807, 2.05) is 0 Å². The molecule has 0 fully saturated rings. The SMILES string of the molecule is CC(C)COCCOCc1nnsc1Cl. The molecule has 0 bridgehead atoms. The summed E-state index contributed by atoms with van der Waals surface area (Å²) in [6.45, 7) is 6.56. The first-order valence-corrected chi connectivity index (χ1v) is 5.97. The Hall–Kier alpha value is -0.230. The third kappa shape index (κ3) is 5.41. The average molecular weight is 251 g/mol. The molecule has 15 heavy (non-hydrogen) atoms. The number of nitrogens with zero attached hydrogens (tertiary/aromatic N) is 2. The molecule has 1 aromatic heterocycles. The fourth-order valence-corrected chi connectivity index (χ4v) is 1.49. The largest absolute Gasteiger partial charge is 0.379 e. The van der Waals surface area contributed by atoms with Crippen molar-refractivity contribution in [3.05, 3.63) is 10.0 Å². The van der Waals surface area contributed by atoms with Gasteiger partial charge in [-0.25, -0.2) is 0 Å². The molecule has 0 aliphatic rings. The molecule has 1 aromatic rings. The van der Waals surface area contributed by atoms with Gasteiger partial charge in [0.2, 0.25) is 0 Å². The first kappa shape index (κ1) is 12.8. The van der Waals surface area contributed by atoms with E-state index >= 15 is 0 Å². The van der Waals surface area contributed by atoms with E-state index in [1.165, 1.54) is 11.5 Å². The second kappa shape index (κ2) is 7.11. The molecule has 0 aromatic carbocycles. The van der Waals surface area contributed by atoms with Crippen molar-refractivity contribution in [2.75, 3.05) is 19.8 Å². The minimum absolute atomic E-state index is 0.403. The fourth-order valence-electron chi connectivity index (χ4n) is 0.889. The smallest absolute Gasteiger partial charge is 0.139 e. The molecule has 4 nitrogen and oxygen atoms in total. The van der Waals surface area contributed by atoms with Gasteiger partial charge in [-0.1, -0.05) is 29.9 Å². The number of hydrogen-bond donors (Lipinski definition) is 0. The predicted octanol–water partition coefficient (Wildman–Crippen LogP) is 2.38. The summed E-state index contributed by atoms with van der Waals surface area (Å²) >= 11 is 6.97. The van der Waals surface area contributed by atoms with Crippen LogP contribution in [0.15, 0.2) is 0 Å². The molecule has 0 unspecified atom stereocenters. The maximum absolute atomic E-state index is 5.80. The summed E-state index contributed by atoms with van der Waals surface area (Å²) in [5, 5.41) is 3.83. The lowest BCUT2D eigenvalue weighted by molar-refractivity contribution is 0.0305. The Balaban J connectivity index is 2.00. The number of rotatable bonds is 7. The summed E-state index contributed by atoms with van der Waals surface area (Å²) < 4.78 is 15.0. The van der Waals surface area contributed by atoms with Gasteiger partial charge in [0.1, 0.15) is 10.0 Å². The molecule has 0 aliphatic carbocycles. The number of hydrogen-bond acceptors (Lipinski definition) is 5. The topological polar surface area (TPSA) is 44.2 Å². The standard InChI is InChI=1S/C9H15ClN2O2S/c1-7(2)5-13-3-4-14-6-8-9(10)15-12-11-8/h7H,3-6H2,1-2H3. The number of halogens is 1. The van der Waals surface area contributed by atoms with Crippen LogP contribution in [0.1, 0.15) is 19.5 Å². The highest BCUT2D eigenvalue weighted by atomic mass is 35.5. The molecule has 0 atom stereocenters. The summed E-state index contributed by atoms with van der Waals surface area (Å²) in [5.41, 5.74) is 0.700. The van der Waals surface area contributed by atoms with Crippen LogP contribution in [0, 0.1) is 5.92 Å². The van der Waals surface area contributed by atoms with Gasteiger partial charge in [-0.3, -0.25) is 0 Å². The van der Waals surface area contributed by atoms with Crippen molar-refractivity contribution >= 4 is 23.1 Å². The van der Waals surface area contributed by atoms with E-state index in [0.29, 0.717) is 35.8 Å². The van der Waals surface area contributed by atoms with Gasteiger partial charge in [0.05, 0.1) is 19.8 Å². The summed E-state index contributed by atoms with van der Waals surface area (Å²) in [7, 11) is 0. The fraction of sp³-hybridized carbons (Fsp3) is 0.778. The van der Waals surface area contributed by atoms with Crippen LogP contribution in [0.25, 0.3) is 0 Å². The zero-order valence-electron chi connectivity index (χ0n) is 8.90. The lowest BCUT2D eigenvalue weighted by Gasteiger charge is -2.06. The lowest BCUT2D eigenvalue weighted by atomic mass is 10.2. The van der Waals surface area contributed by atoms with Crippen molar-refractivity contribution in [2.45, 2.75) is 20.5 Å². The highest BCUT2D eigenvalue weighted by Gasteiger charge is 2.04. The average Bonchev–Trinajstić information content (AvgIpc) is 2.57. The molecule has 86 valence electrons.